The summed E-state index contributed by atoms with van der Waals surface area (Å²) in [7, 11) is 0. The quantitative estimate of drug-likeness (QED) is 0.315. The lowest BCUT2D eigenvalue weighted by Crippen LogP contribution is -1.71. The highest BCUT2D eigenvalue weighted by Gasteiger charge is 1.81. The Hall–Kier alpha value is -0.960. The minimum Gasteiger partial charge on any atom is -0.103 e. The van der Waals surface area contributed by atoms with Crippen molar-refractivity contribution in [3.05, 3.63) is 24.8 Å². The minimum atomic E-state index is 0.820. The molecule has 78 valence electrons. The lowest BCUT2D eigenvalue weighted by Gasteiger charge is -1.90. The molecule has 14 heavy (non-hydrogen) atoms. The smallest absolute Gasteiger partial charge is 0.0267 e. The number of unbranched alkanes of at least 4 members (excludes halogenated alkanes) is 4. The van der Waals surface area contributed by atoms with E-state index in [0.717, 1.165) is 19.3 Å². The summed E-state index contributed by atoms with van der Waals surface area (Å²) in [6.07, 6.45) is 14.5. The van der Waals surface area contributed by atoms with E-state index >= 15 is 0 Å². The highest BCUT2D eigenvalue weighted by Crippen LogP contribution is 2.00. The van der Waals surface area contributed by atoms with E-state index in [4.69, 9.17) is 0 Å². The molecule has 0 heterocycles. The molecule has 0 fully saturated rings. The first-order chi connectivity index (χ1) is 6.91. The third kappa shape index (κ3) is 11.0. The van der Waals surface area contributed by atoms with Crippen molar-refractivity contribution in [3.8, 4) is 11.8 Å². The monoisotopic (exact) mass is 190 g/mol. The van der Waals surface area contributed by atoms with E-state index in [0.29, 0.717) is 0 Å². The summed E-state index contributed by atoms with van der Waals surface area (Å²) in [5.41, 5.74) is 0. The van der Waals surface area contributed by atoms with Crippen molar-refractivity contribution in [1.82, 2.24) is 0 Å². The van der Waals surface area contributed by atoms with Crippen LogP contribution in [0, 0.1) is 11.8 Å². The maximum absolute atomic E-state index is 3.62. The predicted octanol–water partition coefficient (Wildman–Crippen LogP) is 4.48. The van der Waals surface area contributed by atoms with Gasteiger partial charge in [-0.2, -0.15) is 0 Å². The van der Waals surface area contributed by atoms with Crippen molar-refractivity contribution in [2.45, 2.75) is 51.9 Å². The van der Waals surface area contributed by atoms with Crippen LogP contribution in [0.3, 0.4) is 0 Å². The third-order valence-electron chi connectivity index (χ3n) is 1.95. The molecule has 0 amide bonds. The Morgan fingerprint density at radius 1 is 1.07 bits per heavy atom. The van der Waals surface area contributed by atoms with Crippen molar-refractivity contribution in [2.75, 3.05) is 0 Å². The fourth-order valence-electron chi connectivity index (χ4n) is 1.14. The summed E-state index contributed by atoms with van der Waals surface area (Å²) in [6.45, 7) is 5.85. The van der Waals surface area contributed by atoms with Crippen molar-refractivity contribution in [2.24, 2.45) is 0 Å². The molecule has 0 atom stereocenters. The Morgan fingerprint density at radius 2 is 1.86 bits per heavy atom. The van der Waals surface area contributed by atoms with Gasteiger partial charge in [-0.15, -0.1) is 12.5 Å². The van der Waals surface area contributed by atoms with Crippen LogP contribution in [0.4, 0.5) is 0 Å². The maximum atomic E-state index is 3.62. The van der Waals surface area contributed by atoms with Gasteiger partial charge in [-0.25, -0.2) is 0 Å². The zero-order chi connectivity index (χ0) is 10.5. The van der Waals surface area contributed by atoms with Crippen LogP contribution >= 0.6 is 0 Å². The Kier molecular flexibility index (Phi) is 11.2. The van der Waals surface area contributed by atoms with Gasteiger partial charge in [0.25, 0.3) is 0 Å². The molecular formula is C14H22. The lowest BCUT2D eigenvalue weighted by atomic mass is 10.2. The van der Waals surface area contributed by atoms with Crippen molar-refractivity contribution in [1.29, 1.82) is 0 Å². The zero-order valence-corrected chi connectivity index (χ0v) is 9.39. The van der Waals surface area contributed by atoms with Crippen LogP contribution in [0.15, 0.2) is 24.8 Å². The van der Waals surface area contributed by atoms with Crippen molar-refractivity contribution >= 4 is 0 Å². The summed E-state index contributed by atoms with van der Waals surface area (Å²) < 4.78 is 0. The van der Waals surface area contributed by atoms with Crippen LogP contribution in [-0.4, -0.2) is 0 Å². The average molecular weight is 190 g/mol. The molecule has 0 radical (unpaired) electrons. The van der Waals surface area contributed by atoms with Gasteiger partial charge in [-0.05, 0) is 19.3 Å². The number of hydrogen-bond donors (Lipinski definition) is 0. The summed E-state index contributed by atoms with van der Waals surface area (Å²) in [4.78, 5) is 0. The second-order valence-corrected chi connectivity index (χ2v) is 3.35. The molecular weight excluding hydrogens is 168 g/mol. The van der Waals surface area contributed by atoms with Crippen LogP contribution in [0.1, 0.15) is 51.9 Å². The van der Waals surface area contributed by atoms with Crippen molar-refractivity contribution < 1.29 is 0 Å². The standard InChI is InChI=1S/C14H22/c1-3-5-7-9-11-13-14-12-10-8-6-4-2/h3,12,14H,1,4-6,8,10-11,13H2,2H3/b14-12-. The Labute approximate surface area is 89.1 Å². The summed E-state index contributed by atoms with van der Waals surface area (Å²) in [6, 6.07) is 0. The molecule has 0 nitrogen and oxygen atoms in total. The van der Waals surface area contributed by atoms with Crippen molar-refractivity contribution in [3.63, 3.8) is 0 Å². The van der Waals surface area contributed by atoms with E-state index in [2.05, 4.69) is 37.5 Å². The molecule has 0 aliphatic carbocycles. The SMILES string of the molecule is C=CCC#CCC/C=C\CCCCC. The average Bonchev–Trinajstić information content (AvgIpc) is 2.21. The Morgan fingerprint density at radius 3 is 2.57 bits per heavy atom. The van der Waals surface area contributed by atoms with Gasteiger partial charge in [0.2, 0.25) is 0 Å². The van der Waals surface area contributed by atoms with Gasteiger partial charge in [-0.1, -0.05) is 43.9 Å². The Bertz CT molecular complexity index is 200. The highest BCUT2D eigenvalue weighted by atomic mass is 13.9. The number of allylic oxidation sites excluding steroid dienone is 3. The fourth-order valence-corrected chi connectivity index (χ4v) is 1.14. The summed E-state index contributed by atoms with van der Waals surface area (Å²) >= 11 is 0. The molecule has 0 aliphatic rings. The first kappa shape index (κ1) is 13.0. The van der Waals surface area contributed by atoms with Gasteiger partial charge in [0.15, 0.2) is 0 Å². The summed E-state index contributed by atoms with van der Waals surface area (Å²) in [5.74, 6) is 6.16. The van der Waals surface area contributed by atoms with E-state index in [1.165, 1.54) is 25.7 Å². The lowest BCUT2D eigenvalue weighted by molar-refractivity contribution is 0.728. The molecule has 0 bridgehead atoms. The molecule has 0 rings (SSSR count). The van der Waals surface area contributed by atoms with Crippen LogP contribution < -0.4 is 0 Å². The first-order valence-corrected chi connectivity index (χ1v) is 5.63. The topological polar surface area (TPSA) is 0 Å². The van der Waals surface area contributed by atoms with E-state index in [-0.39, 0.29) is 0 Å². The van der Waals surface area contributed by atoms with Crippen LogP contribution in [0.5, 0.6) is 0 Å². The molecule has 0 saturated heterocycles. The van der Waals surface area contributed by atoms with Crippen LogP contribution in [0.25, 0.3) is 0 Å². The van der Waals surface area contributed by atoms with Gasteiger partial charge in [0.1, 0.15) is 0 Å². The minimum absolute atomic E-state index is 0.820. The fraction of sp³-hybridized carbons (Fsp3) is 0.571. The first-order valence-electron chi connectivity index (χ1n) is 5.63. The van der Waals surface area contributed by atoms with E-state index < -0.39 is 0 Å². The molecule has 0 unspecified atom stereocenters. The van der Waals surface area contributed by atoms with Gasteiger partial charge in [-0.3, -0.25) is 0 Å². The predicted molar refractivity (Wildman–Crippen MR) is 65.1 cm³/mol. The second-order valence-electron chi connectivity index (χ2n) is 3.35. The molecule has 0 aromatic heterocycles. The van der Waals surface area contributed by atoms with Crippen LogP contribution in [-0.2, 0) is 0 Å². The molecule has 0 saturated carbocycles. The molecule has 0 aliphatic heterocycles. The Balaban J connectivity index is 3.19. The zero-order valence-electron chi connectivity index (χ0n) is 9.39. The van der Waals surface area contributed by atoms with E-state index in [9.17, 15) is 0 Å². The largest absolute Gasteiger partial charge is 0.103 e. The number of rotatable bonds is 7. The maximum Gasteiger partial charge on any atom is 0.0267 e. The normalized spacial score (nSPS) is 9.79. The second kappa shape index (κ2) is 12.0. The van der Waals surface area contributed by atoms with Gasteiger partial charge in [0.05, 0.1) is 0 Å². The molecule has 0 aromatic rings. The third-order valence-corrected chi connectivity index (χ3v) is 1.95. The van der Waals surface area contributed by atoms with E-state index in [1.807, 2.05) is 6.08 Å². The molecule has 0 aromatic carbocycles. The van der Waals surface area contributed by atoms with Gasteiger partial charge in [0, 0.05) is 12.8 Å². The van der Waals surface area contributed by atoms with E-state index in [1.54, 1.807) is 0 Å². The van der Waals surface area contributed by atoms with Crippen LogP contribution in [0.2, 0.25) is 0 Å². The summed E-state index contributed by atoms with van der Waals surface area (Å²) in [5, 5.41) is 0. The molecule has 0 N–H and O–H groups in total. The number of hydrogen-bond acceptors (Lipinski definition) is 0. The van der Waals surface area contributed by atoms with Gasteiger partial charge >= 0.3 is 0 Å². The molecule has 0 spiro atoms. The highest BCUT2D eigenvalue weighted by molar-refractivity contribution is 5.03. The van der Waals surface area contributed by atoms with Gasteiger partial charge < -0.3 is 0 Å². The molecule has 0 heteroatoms.